The molecule has 17 nitrogen and oxygen atoms in total. The highest BCUT2D eigenvalue weighted by atomic mass is 35.5. The first-order valence-corrected chi connectivity index (χ1v) is 20.7. The summed E-state index contributed by atoms with van der Waals surface area (Å²) < 4.78 is 0. The fourth-order valence-electron chi connectivity index (χ4n) is 6.45. The Kier molecular flexibility index (Phi) is 13.8. The van der Waals surface area contributed by atoms with E-state index in [0.717, 1.165) is 17.4 Å². The number of aromatic hydroxyl groups is 2. The van der Waals surface area contributed by atoms with Crippen molar-refractivity contribution in [2.24, 2.45) is 30.7 Å². The number of phenolic OH excluding ortho intramolecular Hbond substituents is 2. The van der Waals surface area contributed by atoms with E-state index in [4.69, 9.17) is 32.9 Å². The predicted octanol–water partition coefficient (Wildman–Crippen LogP) is 13.9. The molecule has 8 aromatic carbocycles. The summed E-state index contributed by atoms with van der Waals surface area (Å²) in [6.45, 7) is 0.130. The maximum Gasteiger partial charge on any atom is 0.326 e. The van der Waals surface area contributed by atoms with E-state index < -0.39 is 17.7 Å². The molecular formula is C48H34Cl2N10O7. The first kappa shape index (κ1) is 44.7. The fourth-order valence-corrected chi connectivity index (χ4v) is 6.82. The van der Waals surface area contributed by atoms with E-state index in [9.17, 15) is 25.0 Å². The van der Waals surface area contributed by atoms with E-state index in [1.807, 2.05) is 30.3 Å². The number of fused-ring (bicyclic) bond motifs is 2. The van der Waals surface area contributed by atoms with Crippen LogP contribution in [0, 0.1) is 5.21 Å². The second-order valence-electron chi connectivity index (χ2n) is 14.2. The second-order valence-corrected chi connectivity index (χ2v) is 15.0. The number of amides is 3. The Morgan fingerprint density at radius 1 is 0.642 bits per heavy atom. The number of oxime groups is 1. The number of urea groups is 1. The van der Waals surface area contributed by atoms with Gasteiger partial charge in [0.15, 0.2) is 11.5 Å². The van der Waals surface area contributed by atoms with Gasteiger partial charge in [-0.25, -0.2) is 10.3 Å². The average molecular weight is 934 g/mol. The zero-order valence-electron chi connectivity index (χ0n) is 34.6. The van der Waals surface area contributed by atoms with Crippen molar-refractivity contribution in [3.8, 4) is 11.5 Å². The van der Waals surface area contributed by atoms with Crippen LogP contribution in [0.1, 0.15) is 15.9 Å². The number of nitrogens with zero attached hydrogens (tertiary/aromatic N) is 7. The summed E-state index contributed by atoms with van der Waals surface area (Å²) in [5, 5.41) is 68.4. The number of rotatable bonds is 14. The van der Waals surface area contributed by atoms with E-state index in [1.165, 1.54) is 18.2 Å². The number of anilines is 2. The largest absolute Gasteiger partial charge is 0.594 e. The molecule has 0 heterocycles. The van der Waals surface area contributed by atoms with Gasteiger partial charge in [-0.15, -0.1) is 10.2 Å². The van der Waals surface area contributed by atoms with Crippen LogP contribution in [0.3, 0.4) is 0 Å². The summed E-state index contributed by atoms with van der Waals surface area (Å²) >= 11 is 12.3. The lowest BCUT2D eigenvalue weighted by Gasteiger charge is -2.11. The molecule has 19 heteroatoms. The second kappa shape index (κ2) is 20.7. The summed E-state index contributed by atoms with van der Waals surface area (Å²) in [6, 6.07) is 42.6. The molecule has 5 N–H and O–H groups in total. The number of para-hydroxylation sites is 1. The highest BCUT2D eigenvalue weighted by molar-refractivity contribution is 6.33. The maximum absolute atomic E-state index is 13.2. The minimum absolute atomic E-state index is 0.00277. The highest BCUT2D eigenvalue weighted by Crippen LogP contribution is 2.43. The van der Waals surface area contributed by atoms with Crippen LogP contribution >= 0.6 is 23.2 Å². The van der Waals surface area contributed by atoms with Crippen LogP contribution < -0.4 is 16.1 Å². The molecule has 0 fully saturated rings. The van der Waals surface area contributed by atoms with Gasteiger partial charge >= 0.3 is 6.03 Å². The maximum atomic E-state index is 13.2. The van der Waals surface area contributed by atoms with Crippen molar-refractivity contribution < 1.29 is 34.3 Å². The van der Waals surface area contributed by atoms with Crippen LogP contribution in [0.25, 0.3) is 21.5 Å². The van der Waals surface area contributed by atoms with E-state index in [1.54, 1.807) is 109 Å². The van der Waals surface area contributed by atoms with Gasteiger partial charge < -0.3 is 30.4 Å². The number of hydrogen-bond donors (Lipinski definition) is 5. The number of carbonyl (C=O) groups excluding carboxylic acids is 2. The van der Waals surface area contributed by atoms with Crippen molar-refractivity contribution in [2.75, 3.05) is 10.8 Å². The third kappa shape index (κ3) is 10.9. The Morgan fingerprint density at radius 2 is 1.21 bits per heavy atom. The minimum Gasteiger partial charge on any atom is -0.594 e. The van der Waals surface area contributed by atoms with Crippen LogP contribution in [0.5, 0.6) is 11.5 Å². The molecule has 67 heavy (non-hydrogen) atoms. The van der Waals surface area contributed by atoms with Crippen molar-refractivity contribution in [3.05, 3.63) is 184 Å². The first-order valence-electron chi connectivity index (χ1n) is 20.0. The van der Waals surface area contributed by atoms with Crippen LogP contribution in [-0.2, 0) is 16.3 Å². The van der Waals surface area contributed by atoms with Gasteiger partial charge in [-0.1, -0.05) is 112 Å². The van der Waals surface area contributed by atoms with E-state index in [2.05, 4.69) is 46.8 Å². The van der Waals surface area contributed by atoms with E-state index in [0.29, 0.717) is 48.8 Å². The zero-order valence-corrected chi connectivity index (χ0v) is 36.1. The summed E-state index contributed by atoms with van der Waals surface area (Å²) in [4.78, 5) is 36.7. The molecule has 0 spiro atoms. The Hall–Kier alpha value is -8.93. The third-order valence-corrected chi connectivity index (χ3v) is 10.5. The molecule has 0 saturated heterocycles. The Balaban J connectivity index is 0.918. The van der Waals surface area contributed by atoms with Gasteiger partial charge in [0.25, 0.3) is 5.91 Å². The number of azo groups is 3. The molecule has 8 aromatic rings. The number of phenols is 2. The minimum atomic E-state index is -0.882. The molecular weight excluding hydrogens is 899 g/mol. The molecule has 0 aliphatic heterocycles. The molecule has 8 rings (SSSR count). The monoisotopic (exact) mass is 932 g/mol. The van der Waals surface area contributed by atoms with Crippen LogP contribution in [0.4, 0.5) is 50.3 Å². The van der Waals surface area contributed by atoms with Gasteiger partial charge in [-0.3, -0.25) is 10.1 Å². The summed E-state index contributed by atoms with van der Waals surface area (Å²) in [7, 11) is 0. The zero-order chi connectivity index (χ0) is 46.7. The van der Waals surface area contributed by atoms with Gasteiger partial charge in [0.2, 0.25) is 12.1 Å². The van der Waals surface area contributed by atoms with Crippen molar-refractivity contribution in [1.82, 2.24) is 5.32 Å². The summed E-state index contributed by atoms with van der Waals surface area (Å²) in [5.41, 5.74) is 5.06. The number of hydrogen-bond acceptors (Lipinski definition) is 14. The Bertz CT molecular complexity index is 3260. The van der Waals surface area contributed by atoms with Gasteiger partial charge in [-0.2, -0.15) is 10.2 Å². The van der Waals surface area contributed by atoms with Crippen molar-refractivity contribution >= 4 is 109 Å². The number of halogens is 2. The molecule has 0 saturated carbocycles. The lowest BCUT2D eigenvalue weighted by molar-refractivity contribution is -0.435. The van der Waals surface area contributed by atoms with Gasteiger partial charge in [0, 0.05) is 38.6 Å². The molecule has 0 bridgehead atoms. The molecule has 0 aromatic heterocycles. The standard InChI is InChI=1S/C48H34Cl2N10O7/c49-39-14-6-3-11-31(39)27-66-51-28-67-59-42-26-30-10-2-5-13-37(30)44(46(42)62)57-55-33-21-23-35(24-22-33)60(65)58-34-19-17-32(18-20-34)54-56-43-36-12-4-1-9-29(36)25-38(45(43)61)47(63)53-48(64)52-41-16-8-7-15-40(41)50/h1-26,28,59,61-62H,27H2,(H2,52,53,63,64)/b51-28+,56-54?,57-55?,60-58?. The topological polar surface area (TPSA) is 229 Å². The van der Waals surface area contributed by atoms with Gasteiger partial charge in [0.1, 0.15) is 29.4 Å². The fraction of sp³-hybridized carbons (Fsp3) is 0.0208. The molecule has 0 aliphatic rings. The molecule has 0 radical (unpaired) electrons. The molecule has 0 unspecified atom stereocenters. The summed E-state index contributed by atoms with van der Waals surface area (Å²) in [5.74, 6) is -1.61. The lowest BCUT2D eigenvalue weighted by atomic mass is 10.0. The van der Waals surface area contributed by atoms with Crippen LogP contribution in [-0.4, -0.2) is 33.4 Å². The average Bonchev–Trinajstić information content (AvgIpc) is 3.34. The van der Waals surface area contributed by atoms with E-state index >= 15 is 0 Å². The molecule has 0 atom stereocenters. The molecule has 3 amide bonds. The number of imide groups is 1. The number of carbonyl (C=O) groups is 2. The SMILES string of the molecule is O=C(NC(=O)c1cc2ccccc2c(N=Nc2ccc(N=[N+]([O-])c3ccc(N=Nc4c(O)c(NO/C=N/OCc5ccccc5Cl)cc5ccccc45)cc3)cc2)c1O)Nc1ccccc1Cl. The van der Waals surface area contributed by atoms with Crippen molar-refractivity contribution in [3.63, 3.8) is 0 Å². The van der Waals surface area contributed by atoms with Crippen molar-refractivity contribution in [1.29, 1.82) is 0 Å². The molecule has 332 valence electrons. The van der Waals surface area contributed by atoms with E-state index in [-0.39, 0.29) is 45.7 Å². The molecule has 0 aliphatic carbocycles. The predicted molar refractivity (Wildman–Crippen MR) is 255 cm³/mol. The van der Waals surface area contributed by atoms with Gasteiger partial charge in [0.05, 0.1) is 27.6 Å². The van der Waals surface area contributed by atoms with Crippen molar-refractivity contribution in [2.45, 2.75) is 6.61 Å². The quantitative estimate of drug-likeness (QED) is 0.0175. The first-order chi connectivity index (χ1) is 32.6. The third-order valence-electron chi connectivity index (χ3n) is 9.76. The Morgan fingerprint density at radius 3 is 1.88 bits per heavy atom. The highest BCUT2D eigenvalue weighted by Gasteiger charge is 2.21. The Labute approximate surface area is 390 Å². The smallest absolute Gasteiger partial charge is 0.326 e. The van der Waals surface area contributed by atoms with Gasteiger partial charge in [-0.05, 0) is 77.5 Å². The summed E-state index contributed by atoms with van der Waals surface area (Å²) in [6.07, 6.45) is 1.03. The number of nitrogens with one attached hydrogen (secondary N) is 3. The van der Waals surface area contributed by atoms with Crippen LogP contribution in [0.2, 0.25) is 10.0 Å². The lowest BCUT2D eigenvalue weighted by Crippen LogP contribution is -2.34. The normalized spacial score (nSPS) is 11.7. The van der Waals surface area contributed by atoms with Crippen LogP contribution in [0.15, 0.2) is 188 Å². The number of benzene rings is 8.